The Kier molecular flexibility index (Phi) is 5.86. The number of Topliss-reactive ketones (excluding diaryl/α,β-unsaturated/α-hetero) is 1. The Morgan fingerprint density at radius 2 is 1.84 bits per heavy atom. The summed E-state index contributed by atoms with van der Waals surface area (Å²) in [6.07, 6.45) is -5.29. The lowest BCUT2D eigenvalue weighted by Crippen LogP contribution is -2.66. The minimum absolute atomic E-state index is 0.0372. The number of phenols is 1. The molecule has 31 heavy (non-hydrogen) atoms. The third-order valence-electron chi connectivity index (χ3n) is 5.07. The average molecular weight is 438 g/mol. The molecule has 1 saturated heterocycles. The standard InChI is InChI=1S/C21H21F3N2O5/c1-3-31-15-10-12(6-9-14(15)27)17-16(18(28)21(22,23)24)20(30,26-19(29)25-17)13-7-4-11(2)5-8-13/h4-10,16-17,27,30H,3H2,1-2H3,(H2,25,26,29)/t16-,17+,20+/m1/s1. The Morgan fingerprint density at radius 1 is 1.19 bits per heavy atom. The molecule has 4 N–H and O–H groups in total. The number of phenolic OH excluding ortho intramolecular Hbond substituents is 1. The van der Waals surface area contributed by atoms with Gasteiger partial charge >= 0.3 is 12.2 Å². The van der Waals surface area contributed by atoms with E-state index in [9.17, 15) is 33.0 Å². The van der Waals surface area contributed by atoms with Gasteiger partial charge in [0, 0.05) is 5.56 Å². The third kappa shape index (κ3) is 4.29. The first-order valence-corrected chi connectivity index (χ1v) is 9.42. The van der Waals surface area contributed by atoms with E-state index in [-0.39, 0.29) is 29.2 Å². The highest BCUT2D eigenvalue weighted by Gasteiger charge is 2.59. The molecule has 0 bridgehead atoms. The maximum atomic E-state index is 13.5. The van der Waals surface area contributed by atoms with Crippen molar-refractivity contribution in [2.45, 2.75) is 31.8 Å². The van der Waals surface area contributed by atoms with Crippen LogP contribution in [0.25, 0.3) is 0 Å². The number of aryl methyl sites for hydroxylation is 1. The number of urea groups is 1. The van der Waals surface area contributed by atoms with Crippen molar-refractivity contribution in [2.75, 3.05) is 6.61 Å². The Bertz CT molecular complexity index is 993. The lowest BCUT2D eigenvalue weighted by Gasteiger charge is -2.45. The second kappa shape index (κ2) is 8.10. The lowest BCUT2D eigenvalue weighted by atomic mass is 9.76. The van der Waals surface area contributed by atoms with Crippen molar-refractivity contribution in [3.05, 3.63) is 59.2 Å². The van der Waals surface area contributed by atoms with Crippen LogP contribution in [-0.2, 0) is 10.5 Å². The molecule has 2 aromatic rings. The lowest BCUT2D eigenvalue weighted by molar-refractivity contribution is -0.190. The number of alkyl halides is 3. The normalized spacial score (nSPS) is 23.6. The van der Waals surface area contributed by atoms with Gasteiger partial charge in [0.05, 0.1) is 12.6 Å². The number of hydrogen-bond acceptors (Lipinski definition) is 5. The van der Waals surface area contributed by atoms with Crippen molar-refractivity contribution in [1.82, 2.24) is 10.6 Å². The number of halogens is 3. The fourth-order valence-corrected chi connectivity index (χ4v) is 3.60. The molecule has 2 aromatic carbocycles. The number of carbonyl (C=O) groups excluding carboxylic acids is 2. The zero-order valence-electron chi connectivity index (χ0n) is 16.7. The van der Waals surface area contributed by atoms with Crippen LogP contribution in [0.4, 0.5) is 18.0 Å². The smallest absolute Gasteiger partial charge is 0.450 e. The predicted molar refractivity (Wildman–Crippen MR) is 103 cm³/mol. The van der Waals surface area contributed by atoms with Crippen molar-refractivity contribution < 1.29 is 37.7 Å². The summed E-state index contributed by atoms with van der Waals surface area (Å²) in [7, 11) is 0. The fourth-order valence-electron chi connectivity index (χ4n) is 3.60. The van der Waals surface area contributed by atoms with E-state index in [1.807, 2.05) is 0 Å². The average Bonchev–Trinajstić information content (AvgIpc) is 2.68. The van der Waals surface area contributed by atoms with Gasteiger partial charge in [0.1, 0.15) is 5.92 Å². The number of ether oxygens (including phenoxy) is 1. The monoisotopic (exact) mass is 438 g/mol. The van der Waals surface area contributed by atoms with E-state index in [0.29, 0.717) is 0 Å². The third-order valence-corrected chi connectivity index (χ3v) is 5.07. The summed E-state index contributed by atoms with van der Waals surface area (Å²) in [5.74, 6) is -4.69. The molecule has 1 fully saturated rings. The summed E-state index contributed by atoms with van der Waals surface area (Å²) in [5.41, 5.74) is -1.91. The number of carbonyl (C=O) groups is 2. The van der Waals surface area contributed by atoms with Crippen LogP contribution in [0.3, 0.4) is 0 Å². The van der Waals surface area contributed by atoms with Crippen molar-refractivity contribution >= 4 is 11.8 Å². The molecule has 166 valence electrons. The fraction of sp³-hybridized carbons (Fsp3) is 0.333. The number of hydrogen-bond donors (Lipinski definition) is 4. The number of aliphatic hydroxyl groups is 1. The number of benzene rings is 2. The quantitative estimate of drug-likeness (QED) is 0.574. The van der Waals surface area contributed by atoms with Crippen LogP contribution in [0.5, 0.6) is 11.5 Å². The maximum Gasteiger partial charge on any atom is 0.450 e. The SMILES string of the molecule is CCOc1cc([C@@H]2NC(=O)N[C@](O)(c3ccc(C)cc3)[C@H]2C(=O)C(F)(F)F)ccc1O. The highest BCUT2D eigenvalue weighted by molar-refractivity contribution is 5.91. The predicted octanol–water partition coefficient (Wildman–Crippen LogP) is 3.05. The summed E-state index contributed by atoms with van der Waals surface area (Å²) in [5, 5.41) is 25.6. The molecule has 3 atom stereocenters. The van der Waals surface area contributed by atoms with E-state index >= 15 is 0 Å². The minimum Gasteiger partial charge on any atom is -0.504 e. The molecule has 1 heterocycles. The van der Waals surface area contributed by atoms with E-state index in [0.717, 1.165) is 5.56 Å². The van der Waals surface area contributed by atoms with E-state index in [2.05, 4.69) is 10.6 Å². The number of amides is 2. The molecule has 2 amide bonds. The molecule has 7 nitrogen and oxygen atoms in total. The number of nitrogens with one attached hydrogen (secondary N) is 2. The van der Waals surface area contributed by atoms with Gasteiger partial charge in [0.2, 0.25) is 5.78 Å². The summed E-state index contributed by atoms with van der Waals surface area (Å²) < 4.78 is 45.9. The number of ketones is 1. The minimum atomic E-state index is -5.29. The van der Waals surface area contributed by atoms with E-state index in [1.54, 1.807) is 26.0 Å². The molecule has 3 rings (SSSR count). The Morgan fingerprint density at radius 3 is 2.42 bits per heavy atom. The van der Waals surface area contributed by atoms with Gasteiger partial charge in [-0.05, 0) is 31.5 Å². The Balaban J connectivity index is 2.19. The molecule has 1 aliphatic heterocycles. The summed E-state index contributed by atoms with van der Waals surface area (Å²) in [4.78, 5) is 24.8. The highest BCUT2D eigenvalue weighted by Crippen LogP contribution is 2.44. The topological polar surface area (TPSA) is 108 Å². The van der Waals surface area contributed by atoms with E-state index in [4.69, 9.17) is 4.74 Å². The first-order valence-electron chi connectivity index (χ1n) is 9.42. The van der Waals surface area contributed by atoms with Crippen molar-refractivity contribution in [3.8, 4) is 11.5 Å². The molecule has 0 saturated carbocycles. The molecule has 1 aliphatic rings. The van der Waals surface area contributed by atoms with Crippen LogP contribution in [0, 0.1) is 12.8 Å². The zero-order valence-corrected chi connectivity index (χ0v) is 16.7. The molecular weight excluding hydrogens is 417 g/mol. The Hall–Kier alpha value is -3.27. The molecule has 0 aromatic heterocycles. The second-order valence-corrected chi connectivity index (χ2v) is 7.21. The van der Waals surface area contributed by atoms with Crippen LogP contribution in [0.1, 0.15) is 29.7 Å². The van der Waals surface area contributed by atoms with Crippen LogP contribution in [-0.4, -0.2) is 34.8 Å². The van der Waals surface area contributed by atoms with Crippen molar-refractivity contribution in [1.29, 1.82) is 0 Å². The van der Waals surface area contributed by atoms with Gasteiger partial charge in [0.25, 0.3) is 0 Å². The summed E-state index contributed by atoms with van der Waals surface area (Å²) in [6, 6.07) is 6.89. The Labute approximate surface area is 175 Å². The van der Waals surface area contributed by atoms with Gasteiger partial charge in [-0.3, -0.25) is 4.79 Å². The first kappa shape index (κ1) is 22.4. The van der Waals surface area contributed by atoms with Crippen molar-refractivity contribution in [3.63, 3.8) is 0 Å². The summed E-state index contributed by atoms with van der Waals surface area (Å²) >= 11 is 0. The molecule has 0 spiro atoms. The zero-order chi connectivity index (χ0) is 23.0. The molecular formula is C21H21F3N2O5. The maximum absolute atomic E-state index is 13.5. The van der Waals surface area contributed by atoms with Gasteiger partial charge < -0.3 is 25.6 Å². The number of aromatic hydroxyl groups is 1. The van der Waals surface area contributed by atoms with Crippen LogP contribution in [0.15, 0.2) is 42.5 Å². The van der Waals surface area contributed by atoms with Crippen molar-refractivity contribution in [2.24, 2.45) is 5.92 Å². The van der Waals surface area contributed by atoms with Gasteiger partial charge in [0.15, 0.2) is 17.2 Å². The first-order chi connectivity index (χ1) is 14.5. The highest BCUT2D eigenvalue weighted by atomic mass is 19.4. The molecule has 0 aliphatic carbocycles. The van der Waals surface area contributed by atoms with Crippen LogP contribution < -0.4 is 15.4 Å². The largest absolute Gasteiger partial charge is 0.504 e. The van der Waals surface area contributed by atoms with Crippen LogP contribution in [0.2, 0.25) is 0 Å². The summed E-state index contributed by atoms with van der Waals surface area (Å²) in [6.45, 7) is 3.54. The van der Waals surface area contributed by atoms with Gasteiger partial charge in [-0.1, -0.05) is 35.9 Å². The van der Waals surface area contributed by atoms with E-state index in [1.165, 1.54) is 30.3 Å². The van der Waals surface area contributed by atoms with Gasteiger partial charge in [-0.15, -0.1) is 0 Å². The van der Waals surface area contributed by atoms with Gasteiger partial charge in [-0.25, -0.2) is 4.79 Å². The number of rotatable bonds is 5. The molecule has 0 unspecified atom stereocenters. The molecule has 0 radical (unpaired) electrons. The van der Waals surface area contributed by atoms with E-state index < -0.39 is 35.7 Å². The van der Waals surface area contributed by atoms with Gasteiger partial charge in [-0.2, -0.15) is 13.2 Å². The molecule has 10 heteroatoms. The van der Waals surface area contributed by atoms with Crippen LogP contribution >= 0.6 is 0 Å². The second-order valence-electron chi connectivity index (χ2n) is 7.21.